The summed E-state index contributed by atoms with van der Waals surface area (Å²) in [6, 6.07) is 4.79. The lowest BCUT2D eigenvalue weighted by atomic mass is 9.93. The van der Waals surface area contributed by atoms with Gasteiger partial charge < -0.3 is 0 Å². The summed E-state index contributed by atoms with van der Waals surface area (Å²) in [5.74, 6) is 0.451. The minimum atomic E-state index is -0.237. The summed E-state index contributed by atoms with van der Waals surface area (Å²) in [5, 5.41) is 4.37. The Balaban J connectivity index is 1.79. The van der Waals surface area contributed by atoms with Crippen molar-refractivity contribution in [3.05, 3.63) is 44.4 Å². The third kappa shape index (κ3) is 3.39. The fourth-order valence-electron chi connectivity index (χ4n) is 2.45. The molecule has 1 aliphatic rings. The number of nitrogens with zero attached hydrogens (tertiary/aromatic N) is 1. The summed E-state index contributed by atoms with van der Waals surface area (Å²) >= 11 is 13.4. The molecule has 3 rings (SSSR count). The maximum atomic E-state index is 12.2. The number of hydrogen-bond donors (Lipinski definition) is 1. The summed E-state index contributed by atoms with van der Waals surface area (Å²) in [6.07, 6.45) is 3.20. The molecule has 110 valence electrons. The van der Waals surface area contributed by atoms with Crippen LogP contribution in [0.3, 0.4) is 0 Å². The van der Waals surface area contributed by atoms with Gasteiger partial charge >= 0.3 is 0 Å². The molecule has 1 heterocycles. The first kappa shape index (κ1) is 14.8. The Morgan fingerprint density at radius 2 is 2.05 bits per heavy atom. The fraction of sp³-hybridized carbons (Fsp3) is 0.333. The van der Waals surface area contributed by atoms with Crippen LogP contribution in [0.15, 0.2) is 18.2 Å². The van der Waals surface area contributed by atoms with E-state index in [9.17, 15) is 4.79 Å². The Labute approximate surface area is 137 Å². The molecule has 0 spiro atoms. The fourth-order valence-corrected chi connectivity index (χ4v) is 4.14. The normalized spacial score (nSPS) is 17.4. The van der Waals surface area contributed by atoms with Crippen LogP contribution in [0.25, 0.3) is 0 Å². The molecule has 0 bridgehead atoms. The maximum Gasteiger partial charge on any atom is 0.257 e. The van der Waals surface area contributed by atoms with E-state index in [0.29, 0.717) is 26.7 Å². The lowest BCUT2D eigenvalue weighted by Crippen LogP contribution is -2.12. The van der Waals surface area contributed by atoms with E-state index in [2.05, 4.69) is 17.2 Å². The monoisotopic (exact) mass is 340 g/mol. The van der Waals surface area contributed by atoms with Crippen LogP contribution in [-0.2, 0) is 12.8 Å². The van der Waals surface area contributed by atoms with Crippen molar-refractivity contribution in [1.82, 2.24) is 4.98 Å². The van der Waals surface area contributed by atoms with Gasteiger partial charge in [-0.3, -0.25) is 10.1 Å². The lowest BCUT2D eigenvalue weighted by molar-refractivity contribution is 0.102. The number of fused-ring (bicyclic) bond motifs is 1. The zero-order chi connectivity index (χ0) is 15.0. The number of anilines is 1. The van der Waals surface area contributed by atoms with Crippen LogP contribution >= 0.6 is 34.5 Å². The first-order valence-electron chi connectivity index (χ1n) is 6.77. The van der Waals surface area contributed by atoms with Gasteiger partial charge in [-0.1, -0.05) is 30.1 Å². The van der Waals surface area contributed by atoms with E-state index >= 15 is 0 Å². The van der Waals surface area contributed by atoms with Crippen molar-refractivity contribution in [2.75, 3.05) is 5.32 Å². The van der Waals surface area contributed by atoms with Crippen molar-refractivity contribution >= 4 is 45.6 Å². The number of carbonyl (C=O) groups excluding carboxylic acids is 1. The predicted molar refractivity (Wildman–Crippen MR) is 87.7 cm³/mol. The average molecular weight is 341 g/mol. The second kappa shape index (κ2) is 5.95. The van der Waals surface area contributed by atoms with E-state index in [-0.39, 0.29) is 5.91 Å². The molecule has 21 heavy (non-hydrogen) atoms. The molecule has 0 saturated carbocycles. The van der Waals surface area contributed by atoms with E-state index in [1.165, 1.54) is 4.88 Å². The Bertz CT molecular complexity index is 679. The van der Waals surface area contributed by atoms with Gasteiger partial charge in [0.25, 0.3) is 5.91 Å². The van der Waals surface area contributed by atoms with E-state index in [1.54, 1.807) is 29.5 Å². The molecule has 0 radical (unpaired) electrons. The smallest absolute Gasteiger partial charge is 0.257 e. The average Bonchev–Trinajstić information content (AvgIpc) is 2.78. The van der Waals surface area contributed by atoms with Gasteiger partial charge in [-0.05, 0) is 43.4 Å². The minimum Gasteiger partial charge on any atom is -0.298 e. The molecule has 1 aromatic carbocycles. The Morgan fingerprint density at radius 3 is 2.76 bits per heavy atom. The van der Waals surface area contributed by atoms with Crippen molar-refractivity contribution in [2.24, 2.45) is 5.92 Å². The third-order valence-electron chi connectivity index (χ3n) is 3.53. The molecule has 0 aliphatic heterocycles. The van der Waals surface area contributed by atoms with Crippen LogP contribution in [0.1, 0.15) is 34.3 Å². The van der Waals surface area contributed by atoms with Crippen molar-refractivity contribution < 1.29 is 4.79 Å². The predicted octanol–water partition coefficient (Wildman–Crippen LogP) is 4.83. The van der Waals surface area contributed by atoms with E-state index < -0.39 is 0 Å². The molecule has 0 fully saturated rings. The first-order chi connectivity index (χ1) is 10.0. The van der Waals surface area contributed by atoms with Crippen molar-refractivity contribution in [2.45, 2.75) is 26.2 Å². The number of rotatable bonds is 2. The van der Waals surface area contributed by atoms with Gasteiger partial charge in [0.1, 0.15) is 0 Å². The number of halogens is 2. The molecule has 2 aromatic rings. The van der Waals surface area contributed by atoms with Crippen LogP contribution < -0.4 is 5.32 Å². The summed E-state index contributed by atoms with van der Waals surface area (Å²) < 4.78 is 0. The van der Waals surface area contributed by atoms with Crippen LogP contribution in [0, 0.1) is 5.92 Å². The summed E-state index contributed by atoms with van der Waals surface area (Å²) in [7, 11) is 0. The first-order valence-corrected chi connectivity index (χ1v) is 8.34. The molecule has 1 aromatic heterocycles. The number of aryl methyl sites for hydroxylation is 1. The minimum absolute atomic E-state index is 0.237. The Morgan fingerprint density at radius 1 is 1.33 bits per heavy atom. The molecule has 6 heteroatoms. The molecule has 1 unspecified atom stereocenters. The summed E-state index contributed by atoms with van der Waals surface area (Å²) in [5.41, 5.74) is 1.56. The molecule has 1 amide bonds. The van der Waals surface area contributed by atoms with Gasteiger partial charge in [-0.15, -0.1) is 11.3 Å². The molecular weight excluding hydrogens is 327 g/mol. The maximum absolute atomic E-state index is 12.2. The Hall–Kier alpha value is -1.10. The number of aromatic nitrogens is 1. The van der Waals surface area contributed by atoms with Gasteiger partial charge in [-0.2, -0.15) is 0 Å². The highest BCUT2D eigenvalue weighted by Gasteiger charge is 2.20. The quantitative estimate of drug-likeness (QED) is 0.850. The topological polar surface area (TPSA) is 42.0 Å². The number of nitrogens with one attached hydrogen (secondary N) is 1. The highest BCUT2D eigenvalue weighted by Crippen LogP contribution is 2.32. The zero-order valence-electron chi connectivity index (χ0n) is 11.5. The van der Waals surface area contributed by atoms with Gasteiger partial charge in [0.15, 0.2) is 5.13 Å². The van der Waals surface area contributed by atoms with Gasteiger partial charge in [0.2, 0.25) is 0 Å². The highest BCUT2D eigenvalue weighted by molar-refractivity contribution is 7.15. The van der Waals surface area contributed by atoms with Crippen LogP contribution in [0.5, 0.6) is 0 Å². The van der Waals surface area contributed by atoms with Gasteiger partial charge in [-0.25, -0.2) is 4.98 Å². The third-order valence-corrected chi connectivity index (χ3v) is 5.00. The molecular formula is C15H14Cl2N2OS. The summed E-state index contributed by atoms with van der Waals surface area (Å²) in [4.78, 5) is 18.0. The van der Waals surface area contributed by atoms with Crippen molar-refractivity contribution in [1.29, 1.82) is 0 Å². The van der Waals surface area contributed by atoms with E-state index in [0.717, 1.165) is 25.0 Å². The zero-order valence-corrected chi connectivity index (χ0v) is 13.8. The number of amides is 1. The molecule has 1 atom stereocenters. The van der Waals surface area contributed by atoms with Gasteiger partial charge in [0, 0.05) is 20.5 Å². The highest BCUT2D eigenvalue weighted by atomic mass is 35.5. The van der Waals surface area contributed by atoms with Crippen LogP contribution in [0.2, 0.25) is 10.0 Å². The number of hydrogen-bond acceptors (Lipinski definition) is 3. The lowest BCUT2D eigenvalue weighted by Gasteiger charge is -2.15. The SMILES string of the molecule is CC1CCc2nc(NC(=O)c3cc(Cl)cc(Cl)c3)sc2C1. The second-order valence-electron chi connectivity index (χ2n) is 5.35. The van der Waals surface area contributed by atoms with Crippen molar-refractivity contribution in [3.63, 3.8) is 0 Å². The van der Waals surface area contributed by atoms with Crippen LogP contribution in [0.4, 0.5) is 5.13 Å². The van der Waals surface area contributed by atoms with Crippen molar-refractivity contribution in [3.8, 4) is 0 Å². The standard InChI is InChI=1S/C15H14Cl2N2OS/c1-8-2-3-12-13(4-8)21-15(18-12)19-14(20)9-5-10(16)7-11(17)6-9/h5-8H,2-4H2,1H3,(H,18,19,20). The number of benzene rings is 1. The second-order valence-corrected chi connectivity index (χ2v) is 7.31. The number of carbonyl (C=O) groups is 1. The largest absolute Gasteiger partial charge is 0.298 e. The molecule has 1 N–H and O–H groups in total. The molecule has 3 nitrogen and oxygen atoms in total. The summed E-state index contributed by atoms with van der Waals surface area (Å²) in [6.45, 7) is 2.24. The number of thiazole rings is 1. The Kier molecular flexibility index (Phi) is 4.20. The van der Waals surface area contributed by atoms with Crippen LogP contribution in [-0.4, -0.2) is 10.9 Å². The van der Waals surface area contributed by atoms with E-state index in [1.807, 2.05) is 0 Å². The molecule has 1 aliphatic carbocycles. The van der Waals surface area contributed by atoms with E-state index in [4.69, 9.17) is 23.2 Å². The van der Waals surface area contributed by atoms with Gasteiger partial charge in [0.05, 0.1) is 5.69 Å². The molecule has 0 saturated heterocycles.